The van der Waals surface area contributed by atoms with Crippen LogP contribution in [0.5, 0.6) is 0 Å². The minimum Gasteiger partial charge on any atom is -0.349 e. The van der Waals surface area contributed by atoms with Gasteiger partial charge in [-0.15, -0.1) is 0 Å². The summed E-state index contributed by atoms with van der Waals surface area (Å²) < 4.78 is 1.83. The van der Waals surface area contributed by atoms with Crippen molar-refractivity contribution < 1.29 is 4.79 Å². The van der Waals surface area contributed by atoms with E-state index in [1.54, 1.807) is 6.20 Å². The second kappa shape index (κ2) is 7.58. The fourth-order valence-electron chi connectivity index (χ4n) is 3.40. The molecule has 1 fully saturated rings. The van der Waals surface area contributed by atoms with Crippen LogP contribution in [0, 0.1) is 0 Å². The van der Waals surface area contributed by atoms with E-state index in [2.05, 4.69) is 24.3 Å². The molecule has 1 aliphatic rings. The average molecular weight is 361 g/mol. The first-order chi connectivity index (χ1) is 12.0. The lowest BCUT2D eigenvalue weighted by Crippen LogP contribution is -2.40. The molecule has 0 saturated heterocycles. The smallest absolute Gasteiger partial charge is 0.255 e. The molecule has 1 aromatic heterocycles. The molecule has 25 heavy (non-hydrogen) atoms. The van der Waals surface area contributed by atoms with Crippen LogP contribution in [0.1, 0.15) is 61.5 Å². The van der Waals surface area contributed by atoms with Gasteiger partial charge in [0.25, 0.3) is 5.91 Å². The van der Waals surface area contributed by atoms with Gasteiger partial charge in [-0.2, -0.15) is 5.10 Å². The lowest BCUT2D eigenvalue weighted by Gasteiger charge is -2.26. The second-order valence-corrected chi connectivity index (χ2v) is 7.51. The predicted molar refractivity (Wildman–Crippen MR) is 100 cm³/mol. The first kappa shape index (κ1) is 18.0. The van der Waals surface area contributed by atoms with Gasteiger partial charge in [0, 0.05) is 17.1 Å². The summed E-state index contributed by atoms with van der Waals surface area (Å²) in [5.74, 6) is 0.114. The largest absolute Gasteiger partial charge is 0.349 e. The van der Waals surface area contributed by atoms with E-state index in [9.17, 15) is 4.79 Å². The minimum atomic E-state index is -0.0515. The van der Waals surface area contributed by atoms with Crippen molar-refractivity contribution in [3.63, 3.8) is 0 Å². The van der Waals surface area contributed by atoms with Crippen LogP contribution in [0.2, 0.25) is 5.02 Å². The van der Waals surface area contributed by atoms with Crippen LogP contribution in [-0.4, -0.2) is 27.8 Å². The fourth-order valence-corrected chi connectivity index (χ4v) is 3.53. The highest BCUT2D eigenvalue weighted by Gasteiger charge is 2.25. The maximum absolute atomic E-state index is 12.8. The lowest BCUT2D eigenvalue weighted by molar-refractivity contribution is 0.0924. The first-order valence-corrected chi connectivity index (χ1v) is 9.23. The van der Waals surface area contributed by atoms with E-state index >= 15 is 0 Å². The Hall–Kier alpha value is -1.85. The highest BCUT2D eigenvalue weighted by Crippen LogP contribution is 2.25. The molecule has 3 rings (SSSR count). The van der Waals surface area contributed by atoms with Gasteiger partial charge in [-0.05, 0) is 55.9 Å². The van der Waals surface area contributed by atoms with Crippen LogP contribution in [-0.2, 0) is 0 Å². The molecule has 0 aliphatic heterocycles. The summed E-state index contributed by atoms with van der Waals surface area (Å²) in [6.45, 7) is 4.14. The van der Waals surface area contributed by atoms with Crippen molar-refractivity contribution in [1.29, 1.82) is 0 Å². The van der Waals surface area contributed by atoms with Gasteiger partial charge in [0.05, 0.1) is 23.1 Å². The third-order valence-electron chi connectivity index (χ3n) is 4.78. The molecule has 1 aromatic carbocycles. The zero-order valence-electron chi connectivity index (χ0n) is 14.7. The number of amides is 1. The molecule has 5 nitrogen and oxygen atoms in total. The highest BCUT2D eigenvalue weighted by atomic mass is 35.5. The summed E-state index contributed by atoms with van der Waals surface area (Å²) in [6, 6.07) is 7.94. The van der Waals surface area contributed by atoms with Crippen molar-refractivity contribution in [3.8, 4) is 5.69 Å². The molecule has 0 unspecified atom stereocenters. The van der Waals surface area contributed by atoms with Crippen LogP contribution >= 0.6 is 11.6 Å². The Kier molecular flexibility index (Phi) is 5.45. The number of nitrogens with one attached hydrogen (secondary N) is 1. The number of halogens is 1. The molecule has 1 amide bonds. The number of rotatable bonds is 4. The standard InChI is InChI=1S/C19H25ClN4O/c1-12(2)18-17(19(25)23-15-7-5-14(21)6-8-15)11-22-24(18)16-9-3-13(20)4-10-16/h3-4,9-12,14-15H,5-8,21H2,1-2H3,(H,23,25). The lowest BCUT2D eigenvalue weighted by atomic mass is 9.91. The molecule has 134 valence electrons. The first-order valence-electron chi connectivity index (χ1n) is 8.86. The molecule has 0 bridgehead atoms. The van der Waals surface area contributed by atoms with Gasteiger partial charge in [0.1, 0.15) is 0 Å². The molecule has 1 aliphatic carbocycles. The number of aromatic nitrogens is 2. The van der Waals surface area contributed by atoms with Crippen molar-refractivity contribution in [3.05, 3.63) is 46.7 Å². The maximum atomic E-state index is 12.8. The van der Waals surface area contributed by atoms with E-state index in [4.69, 9.17) is 17.3 Å². The third kappa shape index (κ3) is 4.05. The molecule has 6 heteroatoms. The van der Waals surface area contributed by atoms with Gasteiger partial charge in [0.15, 0.2) is 0 Å². The molecular formula is C19H25ClN4O. The Bertz CT molecular complexity index is 730. The van der Waals surface area contributed by atoms with Gasteiger partial charge in [-0.1, -0.05) is 25.4 Å². The molecule has 2 aromatic rings. The Morgan fingerprint density at radius 1 is 1.24 bits per heavy atom. The summed E-state index contributed by atoms with van der Waals surface area (Å²) in [4.78, 5) is 12.8. The van der Waals surface area contributed by atoms with Crippen molar-refractivity contribution in [2.45, 2.75) is 57.5 Å². The van der Waals surface area contributed by atoms with Crippen LogP contribution in [0.4, 0.5) is 0 Å². The summed E-state index contributed by atoms with van der Waals surface area (Å²) in [5, 5.41) is 8.29. The normalized spacial score (nSPS) is 20.7. The Morgan fingerprint density at radius 2 is 1.88 bits per heavy atom. The molecule has 0 radical (unpaired) electrons. The van der Waals surface area contributed by atoms with E-state index < -0.39 is 0 Å². The molecule has 1 heterocycles. The monoisotopic (exact) mass is 360 g/mol. The summed E-state index contributed by atoms with van der Waals surface area (Å²) in [6.07, 6.45) is 5.47. The van der Waals surface area contributed by atoms with Crippen molar-refractivity contribution in [2.75, 3.05) is 0 Å². The van der Waals surface area contributed by atoms with Gasteiger partial charge >= 0.3 is 0 Å². The topological polar surface area (TPSA) is 72.9 Å². The van der Waals surface area contributed by atoms with E-state index in [1.807, 2.05) is 28.9 Å². The number of hydrogen-bond donors (Lipinski definition) is 2. The zero-order valence-corrected chi connectivity index (χ0v) is 15.5. The van der Waals surface area contributed by atoms with Crippen molar-refractivity contribution in [1.82, 2.24) is 15.1 Å². The number of carbonyl (C=O) groups is 1. The molecular weight excluding hydrogens is 336 g/mol. The highest BCUT2D eigenvalue weighted by molar-refractivity contribution is 6.30. The van der Waals surface area contributed by atoms with E-state index in [1.165, 1.54) is 0 Å². The number of carbonyl (C=O) groups excluding carboxylic acids is 1. The van der Waals surface area contributed by atoms with Crippen LogP contribution in [0.3, 0.4) is 0 Å². The van der Waals surface area contributed by atoms with E-state index in [-0.39, 0.29) is 23.9 Å². The van der Waals surface area contributed by atoms with E-state index in [0.29, 0.717) is 10.6 Å². The number of nitrogens with zero attached hydrogens (tertiary/aromatic N) is 2. The van der Waals surface area contributed by atoms with Gasteiger partial charge in [0.2, 0.25) is 0 Å². The number of nitrogens with two attached hydrogens (primary N) is 1. The van der Waals surface area contributed by atoms with Gasteiger partial charge in [-0.25, -0.2) is 4.68 Å². The number of hydrogen-bond acceptors (Lipinski definition) is 3. The summed E-state index contributed by atoms with van der Waals surface area (Å²) in [5.41, 5.74) is 8.39. The molecule has 0 atom stereocenters. The van der Waals surface area contributed by atoms with Gasteiger partial charge in [-0.3, -0.25) is 4.79 Å². The molecule has 3 N–H and O–H groups in total. The van der Waals surface area contributed by atoms with Crippen LogP contribution in [0.25, 0.3) is 5.69 Å². The SMILES string of the molecule is CC(C)c1c(C(=O)NC2CCC(N)CC2)cnn1-c1ccc(Cl)cc1. The van der Waals surface area contributed by atoms with Crippen LogP contribution in [0.15, 0.2) is 30.5 Å². The second-order valence-electron chi connectivity index (χ2n) is 7.07. The fraction of sp³-hybridized carbons (Fsp3) is 0.474. The quantitative estimate of drug-likeness (QED) is 0.874. The van der Waals surface area contributed by atoms with Crippen molar-refractivity contribution in [2.24, 2.45) is 5.73 Å². The average Bonchev–Trinajstić information content (AvgIpc) is 3.03. The number of benzene rings is 1. The minimum absolute atomic E-state index is 0.0515. The van der Waals surface area contributed by atoms with Crippen molar-refractivity contribution >= 4 is 17.5 Å². The molecule has 0 spiro atoms. The maximum Gasteiger partial charge on any atom is 0.255 e. The van der Waals surface area contributed by atoms with Crippen LogP contribution < -0.4 is 11.1 Å². The summed E-state index contributed by atoms with van der Waals surface area (Å²) in [7, 11) is 0. The Balaban J connectivity index is 1.84. The third-order valence-corrected chi connectivity index (χ3v) is 5.03. The Morgan fingerprint density at radius 3 is 2.48 bits per heavy atom. The zero-order chi connectivity index (χ0) is 18.0. The molecule has 1 saturated carbocycles. The van der Waals surface area contributed by atoms with E-state index in [0.717, 1.165) is 37.1 Å². The Labute approximate surface area is 153 Å². The van der Waals surface area contributed by atoms with Gasteiger partial charge < -0.3 is 11.1 Å². The summed E-state index contributed by atoms with van der Waals surface area (Å²) >= 11 is 5.97. The predicted octanol–water partition coefficient (Wildman–Crippen LogP) is 3.65.